The number of carbonyl (C=O) groups excluding carboxylic acids is 2. The third-order valence-corrected chi connectivity index (χ3v) is 8.51. The second-order valence-corrected chi connectivity index (χ2v) is 11.6. The topological polar surface area (TPSA) is 72.8 Å². The van der Waals surface area contributed by atoms with Crippen LogP contribution in [0.15, 0.2) is 59.3 Å². The van der Waals surface area contributed by atoms with Crippen LogP contribution in [0.1, 0.15) is 79.6 Å². The SMILES string of the molecule is C=C1C(=CC=C2CCC[C@]3(C)C(C(C)CC=C[C@@](C)(O)C(F)(F)F)=CCC23)CC(OC(C)=O)C[C@@H]1OC(C)=O. The number of esters is 2. The number of fused-ring (bicyclic) bond motifs is 1. The summed E-state index contributed by atoms with van der Waals surface area (Å²) < 4.78 is 49.9. The molecule has 0 aliphatic heterocycles. The second kappa shape index (κ2) is 11.9. The number of allylic oxidation sites excluding steroid dienone is 6. The molecule has 3 unspecified atom stereocenters. The van der Waals surface area contributed by atoms with Crippen molar-refractivity contribution in [2.45, 2.75) is 104 Å². The molecule has 3 aliphatic rings. The lowest BCUT2D eigenvalue weighted by molar-refractivity contribution is -0.232. The second-order valence-electron chi connectivity index (χ2n) is 11.6. The van der Waals surface area contributed by atoms with Crippen molar-refractivity contribution in [3.8, 4) is 0 Å². The molecule has 2 saturated carbocycles. The zero-order valence-electron chi connectivity index (χ0n) is 23.6. The van der Waals surface area contributed by atoms with Crippen molar-refractivity contribution in [2.24, 2.45) is 17.3 Å². The van der Waals surface area contributed by atoms with E-state index in [9.17, 15) is 27.9 Å². The number of aliphatic hydroxyl groups is 1. The third-order valence-electron chi connectivity index (χ3n) is 8.51. The first-order chi connectivity index (χ1) is 18.0. The van der Waals surface area contributed by atoms with E-state index in [0.29, 0.717) is 24.8 Å². The Hall–Kier alpha value is -2.61. The fourth-order valence-electron chi connectivity index (χ4n) is 6.41. The number of ether oxygens (including phenoxy) is 2. The van der Waals surface area contributed by atoms with E-state index in [-0.39, 0.29) is 23.2 Å². The summed E-state index contributed by atoms with van der Waals surface area (Å²) in [6.07, 6.45) is 8.11. The van der Waals surface area contributed by atoms with Crippen LogP contribution in [-0.2, 0) is 19.1 Å². The minimum Gasteiger partial charge on any atom is -0.462 e. The first-order valence-corrected chi connectivity index (χ1v) is 13.7. The zero-order valence-corrected chi connectivity index (χ0v) is 23.6. The van der Waals surface area contributed by atoms with Crippen LogP contribution in [0.25, 0.3) is 0 Å². The number of hydrogen-bond donors (Lipinski definition) is 1. The third kappa shape index (κ3) is 7.13. The lowest BCUT2D eigenvalue weighted by Gasteiger charge is -2.42. The molecule has 2 fully saturated rings. The van der Waals surface area contributed by atoms with Gasteiger partial charge in [-0.05, 0) is 73.5 Å². The number of halogens is 3. The Morgan fingerprint density at radius 3 is 2.51 bits per heavy atom. The van der Waals surface area contributed by atoms with Crippen LogP contribution in [0.5, 0.6) is 0 Å². The van der Waals surface area contributed by atoms with Crippen LogP contribution >= 0.6 is 0 Å². The molecule has 0 aromatic rings. The predicted molar refractivity (Wildman–Crippen MR) is 143 cm³/mol. The lowest BCUT2D eigenvalue weighted by atomic mass is 9.62. The molecular formula is C31H41F3O5. The summed E-state index contributed by atoms with van der Waals surface area (Å²) in [5.41, 5.74) is 1.23. The fourth-order valence-corrected chi connectivity index (χ4v) is 6.41. The van der Waals surface area contributed by atoms with E-state index < -0.39 is 30.0 Å². The van der Waals surface area contributed by atoms with E-state index in [1.165, 1.54) is 31.1 Å². The minimum absolute atomic E-state index is 0.0464. The molecule has 216 valence electrons. The Morgan fingerprint density at radius 2 is 1.90 bits per heavy atom. The van der Waals surface area contributed by atoms with Gasteiger partial charge in [0, 0.05) is 26.7 Å². The maximum absolute atomic E-state index is 13.0. The molecule has 0 amide bonds. The molecule has 6 atom stereocenters. The lowest BCUT2D eigenvalue weighted by Crippen LogP contribution is -2.40. The standard InChI is InChI=1S/C31H41F3O5/c1-19(9-7-16-30(6,37)31(32,33)34)26-13-14-27-23(10-8-15-29(26,27)5)11-12-24-17-25(38-21(3)35)18-28(20(24)2)39-22(4)36/h7,11-13,16,19,25,27-28,37H,2,8-10,14-15,17-18H2,1,3-6H3/t19?,25?,27?,28-,29+,30+/m0/s1. The average molecular weight is 551 g/mol. The Morgan fingerprint density at radius 1 is 1.23 bits per heavy atom. The molecule has 0 saturated heterocycles. The average Bonchev–Trinajstić information content (AvgIpc) is 3.16. The summed E-state index contributed by atoms with van der Waals surface area (Å²) in [5, 5.41) is 9.71. The molecule has 3 aliphatic carbocycles. The van der Waals surface area contributed by atoms with Gasteiger partial charge in [0.05, 0.1) is 0 Å². The normalized spacial score (nSPS) is 32.1. The van der Waals surface area contributed by atoms with Gasteiger partial charge in [0.25, 0.3) is 0 Å². The van der Waals surface area contributed by atoms with E-state index in [4.69, 9.17) is 9.47 Å². The molecule has 3 rings (SSSR count). The molecule has 1 N–H and O–H groups in total. The van der Waals surface area contributed by atoms with Gasteiger partial charge >= 0.3 is 18.1 Å². The van der Waals surface area contributed by atoms with Gasteiger partial charge in [-0.2, -0.15) is 13.2 Å². The van der Waals surface area contributed by atoms with E-state index in [1.54, 1.807) is 0 Å². The molecule has 39 heavy (non-hydrogen) atoms. The Balaban J connectivity index is 1.77. The van der Waals surface area contributed by atoms with Crippen molar-refractivity contribution >= 4 is 11.9 Å². The Kier molecular flexibility index (Phi) is 9.41. The van der Waals surface area contributed by atoms with Crippen LogP contribution < -0.4 is 0 Å². The first-order valence-electron chi connectivity index (χ1n) is 13.7. The molecule has 0 aromatic carbocycles. The van der Waals surface area contributed by atoms with Crippen molar-refractivity contribution in [2.75, 3.05) is 0 Å². The van der Waals surface area contributed by atoms with Crippen LogP contribution in [0.4, 0.5) is 13.2 Å². The molecule has 0 heterocycles. The van der Waals surface area contributed by atoms with Gasteiger partial charge in [-0.3, -0.25) is 9.59 Å². The Labute approximate surface area is 229 Å². The summed E-state index contributed by atoms with van der Waals surface area (Å²) in [6, 6.07) is 0. The largest absolute Gasteiger partial charge is 0.462 e. The van der Waals surface area contributed by atoms with E-state index in [1.807, 2.05) is 13.0 Å². The summed E-state index contributed by atoms with van der Waals surface area (Å²) in [4.78, 5) is 23.2. The smallest absolute Gasteiger partial charge is 0.420 e. The number of alkyl halides is 3. The molecule has 0 radical (unpaired) electrons. The quantitative estimate of drug-likeness (QED) is 0.271. The molecule has 0 spiro atoms. The fraction of sp³-hybridized carbons (Fsp3) is 0.613. The maximum atomic E-state index is 13.0. The monoisotopic (exact) mass is 550 g/mol. The van der Waals surface area contributed by atoms with E-state index >= 15 is 0 Å². The molecule has 0 bridgehead atoms. The molecule has 5 nitrogen and oxygen atoms in total. The van der Waals surface area contributed by atoms with E-state index in [0.717, 1.165) is 44.3 Å². The molecule has 8 heteroatoms. The van der Waals surface area contributed by atoms with Crippen molar-refractivity contribution < 1.29 is 37.3 Å². The van der Waals surface area contributed by atoms with Crippen molar-refractivity contribution in [1.82, 2.24) is 0 Å². The van der Waals surface area contributed by atoms with Crippen molar-refractivity contribution in [3.05, 3.63) is 59.3 Å². The van der Waals surface area contributed by atoms with Crippen LogP contribution in [0.2, 0.25) is 0 Å². The Bertz CT molecular complexity index is 1090. The number of carbonyl (C=O) groups is 2. The maximum Gasteiger partial charge on any atom is 0.420 e. The van der Waals surface area contributed by atoms with Gasteiger partial charge < -0.3 is 14.6 Å². The first kappa shape index (κ1) is 30.9. The minimum atomic E-state index is -4.71. The van der Waals surface area contributed by atoms with Gasteiger partial charge in [-0.1, -0.05) is 55.9 Å². The van der Waals surface area contributed by atoms with Gasteiger partial charge in [0.2, 0.25) is 0 Å². The van der Waals surface area contributed by atoms with Crippen LogP contribution in [-0.4, -0.2) is 41.0 Å². The zero-order chi connectivity index (χ0) is 29.2. The van der Waals surface area contributed by atoms with Gasteiger partial charge in [0.15, 0.2) is 5.60 Å². The summed E-state index contributed by atoms with van der Waals surface area (Å²) in [5.74, 6) is -0.468. The summed E-state index contributed by atoms with van der Waals surface area (Å²) in [7, 11) is 0. The highest BCUT2D eigenvalue weighted by Gasteiger charge is 2.48. The van der Waals surface area contributed by atoms with Gasteiger partial charge in [0.1, 0.15) is 12.2 Å². The highest BCUT2D eigenvalue weighted by molar-refractivity contribution is 5.67. The highest BCUT2D eigenvalue weighted by atomic mass is 19.4. The summed E-state index contributed by atoms with van der Waals surface area (Å²) in [6.45, 7) is 11.9. The van der Waals surface area contributed by atoms with Gasteiger partial charge in [-0.25, -0.2) is 0 Å². The molecule has 0 aromatic heterocycles. The van der Waals surface area contributed by atoms with Crippen molar-refractivity contribution in [3.63, 3.8) is 0 Å². The highest BCUT2D eigenvalue weighted by Crippen LogP contribution is 2.57. The van der Waals surface area contributed by atoms with Crippen LogP contribution in [0, 0.1) is 17.3 Å². The molecular weight excluding hydrogens is 509 g/mol. The van der Waals surface area contributed by atoms with Gasteiger partial charge in [-0.15, -0.1) is 0 Å². The van der Waals surface area contributed by atoms with Crippen LogP contribution in [0.3, 0.4) is 0 Å². The van der Waals surface area contributed by atoms with E-state index in [2.05, 4.69) is 25.7 Å². The number of rotatable bonds is 7. The summed E-state index contributed by atoms with van der Waals surface area (Å²) >= 11 is 0. The van der Waals surface area contributed by atoms with Crippen molar-refractivity contribution in [1.29, 1.82) is 0 Å². The predicted octanol–water partition coefficient (Wildman–Crippen LogP) is 7.08. The number of hydrogen-bond acceptors (Lipinski definition) is 5.